The van der Waals surface area contributed by atoms with Crippen molar-refractivity contribution in [3.05, 3.63) is 135 Å². The Balaban J connectivity index is 1.50. The summed E-state index contributed by atoms with van der Waals surface area (Å²) in [5.74, 6) is -3.12. The van der Waals surface area contributed by atoms with Gasteiger partial charge in [0.05, 0.1) is 11.4 Å². The number of aromatic nitrogens is 2. The van der Waals surface area contributed by atoms with Crippen molar-refractivity contribution in [2.75, 3.05) is 15.5 Å². The first kappa shape index (κ1) is 37.2. The van der Waals surface area contributed by atoms with Crippen LogP contribution in [0.4, 0.5) is 21.9 Å². The molecule has 2 heterocycles. The molecule has 5 rings (SSSR count). The number of amides is 6. The SMILES string of the molecule is CCCCCC(=O)Nc1cccc(N2C(=O)NC(=O)C(=CC=C(C=Cc3c(O)[nH]c(=O)n(-c4cccc(NC(C)=O)c4)c3=O)c3ccccc3)C2=O)c1. The third kappa shape index (κ3) is 8.99. The van der Waals surface area contributed by atoms with Crippen LogP contribution in [0.15, 0.2) is 112 Å². The fourth-order valence-electron chi connectivity index (χ4n) is 5.47. The second kappa shape index (κ2) is 16.7. The van der Waals surface area contributed by atoms with Gasteiger partial charge >= 0.3 is 11.7 Å². The number of carbonyl (C=O) groups excluding carboxylic acids is 5. The molecule has 1 fully saturated rings. The molecule has 14 nitrogen and oxygen atoms in total. The molecule has 0 atom stereocenters. The second-order valence-electron chi connectivity index (χ2n) is 11.9. The molecule has 0 saturated carbocycles. The molecule has 1 aromatic heterocycles. The molecule has 1 aliphatic rings. The molecule has 1 aliphatic heterocycles. The highest BCUT2D eigenvalue weighted by atomic mass is 16.3. The molecule has 5 N–H and O–H groups in total. The summed E-state index contributed by atoms with van der Waals surface area (Å²) in [7, 11) is 0. The van der Waals surface area contributed by atoms with E-state index in [-0.39, 0.29) is 34.3 Å². The number of aromatic hydroxyl groups is 1. The Morgan fingerprint density at radius 3 is 2.23 bits per heavy atom. The highest BCUT2D eigenvalue weighted by Gasteiger charge is 2.36. The van der Waals surface area contributed by atoms with Gasteiger partial charge in [0.1, 0.15) is 11.1 Å². The Morgan fingerprint density at radius 1 is 0.849 bits per heavy atom. The summed E-state index contributed by atoms with van der Waals surface area (Å²) in [5.41, 5.74) is -0.540. The van der Waals surface area contributed by atoms with E-state index in [1.807, 2.05) is 6.92 Å². The molecule has 14 heteroatoms. The van der Waals surface area contributed by atoms with Crippen LogP contribution in [-0.4, -0.2) is 44.3 Å². The number of aromatic amines is 1. The van der Waals surface area contributed by atoms with E-state index >= 15 is 0 Å². The largest absolute Gasteiger partial charge is 0.494 e. The molecule has 0 bridgehead atoms. The van der Waals surface area contributed by atoms with Crippen molar-refractivity contribution in [3.8, 4) is 11.6 Å². The number of nitrogens with zero attached hydrogens (tertiary/aromatic N) is 2. The lowest BCUT2D eigenvalue weighted by Gasteiger charge is -2.26. The predicted octanol–water partition coefficient (Wildman–Crippen LogP) is 5.01. The standard InChI is InChI=1S/C39H36N6O8/c1-3-4-6-17-33(47)41-28-14-10-16-30(23-28)45-37(51)32(35(49)43-39(45)53)21-19-26(25-11-7-5-8-12-25)18-20-31-34(48)42-38(52)44(36(31)50)29-15-9-13-27(22-29)40-24(2)46/h5,7-16,18-23,48H,3-4,6,17H2,1-2H3,(H,40,46)(H,41,47)(H,42,52)(H,43,49,53). The average Bonchev–Trinajstić information content (AvgIpc) is 3.11. The summed E-state index contributed by atoms with van der Waals surface area (Å²) in [6.45, 7) is 3.34. The minimum Gasteiger partial charge on any atom is -0.494 e. The van der Waals surface area contributed by atoms with Gasteiger partial charge in [-0.3, -0.25) is 34.3 Å². The fourth-order valence-corrected chi connectivity index (χ4v) is 5.47. The summed E-state index contributed by atoms with van der Waals surface area (Å²) in [6, 6.07) is 19.9. The second-order valence-corrected chi connectivity index (χ2v) is 11.9. The van der Waals surface area contributed by atoms with E-state index in [9.17, 15) is 38.7 Å². The van der Waals surface area contributed by atoms with E-state index < -0.39 is 35.0 Å². The number of hydrogen-bond acceptors (Lipinski definition) is 8. The number of anilines is 3. The summed E-state index contributed by atoms with van der Waals surface area (Å²) < 4.78 is 0.794. The smallest absolute Gasteiger partial charge is 0.335 e. The van der Waals surface area contributed by atoms with Crippen LogP contribution in [0.25, 0.3) is 17.3 Å². The number of urea groups is 1. The van der Waals surface area contributed by atoms with Crippen molar-refractivity contribution in [1.29, 1.82) is 0 Å². The molecule has 0 radical (unpaired) electrons. The zero-order chi connectivity index (χ0) is 38.1. The molecule has 3 aromatic carbocycles. The first-order valence-electron chi connectivity index (χ1n) is 16.7. The van der Waals surface area contributed by atoms with Crippen molar-refractivity contribution in [2.45, 2.75) is 39.5 Å². The molecule has 270 valence electrons. The van der Waals surface area contributed by atoms with Crippen LogP contribution < -0.4 is 32.1 Å². The Labute approximate surface area is 303 Å². The van der Waals surface area contributed by atoms with Crippen LogP contribution >= 0.6 is 0 Å². The van der Waals surface area contributed by atoms with Crippen LogP contribution in [0, 0.1) is 0 Å². The molecule has 0 aliphatic carbocycles. The fraction of sp³-hybridized carbons (Fsp3) is 0.154. The van der Waals surface area contributed by atoms with Gasteiger partial charge in [0.2, 0.25) is 17.7 Å². The summed E-state index contributed by atoms with van der Waals surface area (Å²) in [6.07, 6.45) is 8.26. The van der Waals surface area contributed by atoms with Crippen LogP contribution in [0.3, 0.4) is 0 Å². The van der Waals surface area contributed by atoms with Gasteiger partial charge in [-0.15, -0.1) is 0 Å². The summed E-state index contributed by atoms with van der Waals surface area (Å²) >= 11 is 0. The number of allylic oxidation sites excluding steroid dienone is 4. The van der Waals surface area contributed by atoms with E-state index in [1.54, 1.807) is 54.6 Å². The number of H-pyrrole nitrogens is 1. The quantitative estimate of drug-likeness (QED) is 0.0583. The lowest BCUT2D eigenvalue weighted by atomic mass is 10.0. The first-order chi connectivity index (χ1) is 25.5. The highest BCUT2D eigenvalue weighted by Crippen LogP contribution is 2.25. The van der Waals surface area contributed by atoms with Crippen molar-refractivity contribution < 1.29 is 29.1 Å². The lowest BCUT2D eigenvalue weighted by Crippen LogP contribution is -2.54. The number of barbiturate groups is 1. The number of imide groups is 2. The van der Waals surface area contributed by atoms with E-state index in [2.05, 4.69) is 20.9 Å². The van der Waals surface area contributed by atoms with Crippen molar-refractivity contribution in [2.24, 2.45) is 0 Å². The third-order valence-corrected chi connectivity index (χ3v) is 8.01. The maximum Gasteiger partial charge on any atom is 0.335 e. The summed E-state index contributed by atoms with van der Waals surface area (Å²) in [5, 5.41) is 18.1. The minimum atomic E-state index is -0.969. The zero-order valence-corrected chi connectivity index (χ0v) is 28.8. The Bertz CT molecular complexity index is 2300. The number of unbranched alkanes of at least 4 members (excludes halogenated alkanes) is 2. The summed E-state index contributed by atoms with van der Waals surface area (Å²) in [4.78, 5) is 92.9. The Morgan fingerprint density at radius 2 is 1.53 bits per heavy atom. The van der Waals surface area contributed by atoms with E-state index in [0.29, 0.717) is 28.9 Å². The van der Waals surface area contributed by atoms with Gasteiger partial charge < -0.3 is 15.7 Å². The highest BCUT2D eigenvalue weighted by molar-refractivity contribution is 6.37. The van der Waals surface area contributed by atoms with Gasteiger partial charge in [-0.1, -0.05) is 74.4 Å². The molecule has 53 heavy (non-hydrogen) atoms. The number of carbonyl (C=O) groups is 5. The van der Waals surface area contributed by atoms with Crippen molar-refractivity contribution >= 4 is 58.4 Å². The van der Waals surface area contributed by atoms with E-state index in [0.717, 1.165) is 28.7 Å². The van der Waals surface area contributed by atoms with Gasteiger partial charge in [0.25, 0.3) is 17.4 Å². The number of hydrogen-bond donors (Lipinski definition) is 5. The molecule has 4 aromatic rings. The zero-order valence-electron chi connectivity index (χ0n) is 28.8. The van der Waals surface area contributed by atoms with E-state index in [4.69, 9.17) is 0 Å². The van der Waals surface area contributed by atoms with Gasteiger partial charge in [-0.25, -0.2) is 19.1 Å². The average molecular weight is 717 g/mol. The number of benzene rings is 3. The molecule has 6 amide bonds. The first-order valence-corrected chi connectivity index (χ1v) is 16.7. The van der Waals surface area contributed by atoms with Gasteiger partial charge in [-0.2, -0.15) is 0 Å². The topological polar surface area (TPSA) is 200 Å². The molecular formula is C39H36N6O8. The van der Waals surface area contributed by atoms with Gasteiger partial charge in [0.15, 0.2) is 0 Å². The Kier molecular flexibility index (Phi) is 11.7. The molecule has 0 spiro atoms. The molecule has 0 unspecified atom stereocenters. The van der Waals surface area contributed by atoms with Gasteiger partial charge in [-0.05, 0) is 66.1 Å². The van der Waals surface area contributed by atoms with Crippen LogP contribution in [-0.2, 0) is 19.2 Å². The van der Waals surface area contributed by atoms with Crippen LogP contribution in [0.1, 0.15) is 50.7 Å². The Hall–Kier alpha value is -7.09. The predicted molar refractivity (Wildman–Crippen MR) is 200 cm³/mol. The minimum absolute atomic E-state index is 0.122. The molecular weight excluding hydrogens is 680 g/mol. The maximum atomic E-state index is 13.7. The third-order valence-electron chi connectivity index (χ3n) is 8.01. The van der Waals surface area contributed by atoms with Crippen molar-refractivity contribution in [3.63, 3.8) is 0 Å². The van der Waals surface area contributed by atoms with Crippen molar-refractivity contribution in [1.82, 2.24) is 14.9 Å². The number of rotatable bonds is 12. The lowest BCUT2D eigenvalue weighted by molar-refractivity contribution is -0.123. The van der Waals surface area contributed by atoms with Crippen LogP contribution in [0.2, 0.25) is 0 Å². The molecule has 1 saturated heterocycles. The van der Waals surface area contributed by atoms with Crippen LogP contribution in [0.5, 0.6) is 5.88 Å². The normalized spacial score (nSPS) is 14.1. The van der Waals surface area contributed by atoms with Gasteiger partial charge in [0, 0.05) is 24.7 Å². The monoisotopic (exact) mass is 716 g/mol. The van der Waals surface area contributed by atoms with E-state index in [1.165, 1.54) is 55.5 Å². The maximum absolute atomic E-state index is 13.7. The number of nitrogens with one attached hydrogen (secondary N) is 4.